The van der Waals surface area contributed by atoms with Gasteiger partial charge in [0, 0.05) is 33.9 Å². The Morgan fingerprint density at radius 1 is 1.39 bits per heavy atom. The highest BCUT2D eigenvalue weighted by Crippen LogP contribution is 2.16. The summed E-state index contributed by atoms with van der Waals surface area (Å²) in [6.45, 7) is 3.34. The SMILES string of the molecule is CN(C)c1nccc(N(C)CC2CCCNC2)n1. The molecule has 0 aliphatic carbocycles. The summed E-state index contributed by atoms with van der Waals surface area (Å²) in [5, 5.41) is 3.45. The first-order chi connectivity index (χ1) is 8.66. The van der Waals surface area contributed by atoms with Crippen LogP contribution in [0.4, 0.5) is 11.8 Å². The molecule has 0 bridgehead atoms. The van der Waals surface area contributed by atoms with Gasteiger partial charge in [0.15, 0.2) is 0 Å². The third-order valence-corrected chi connectivity index (χ3v) is 3.35. The highest BCUT2D eigenvalue weighted by molar-refractivity contribution is 5.42. The number of nitrogens with zero attached hydrogens (tertiary/aromatic N) is 4. The maximum absolute atomic E-state index is 4.56. The summed E-state index contributed by atoms with van der Waals surface area (Å²) in [5.74, 6) is 2.49. The number of rotatable bonds is 4. The Labute approximate surface area is 109 Å². The molecule has 1 unspecified atom stereocenters. The van der Waals surface area contributed by atoms with E-state index >= 15 is 0 Å². The summed E-state index contributed by atoms with van der Waals surface area (Å²) >= 11 is 0. The van der Waals surface area contributed by atoms with Gasteiger partial charge in [-0.15, -0.1) is 0 Å². The Hall–Kier alpha value is -1.36. The lowest BCUT2D eigenvalue weighted by Crippen LogP contribution is -2.37. The van der Waals surface area contributed by atoms with Crippen molar-refractivity contribution in [2.45, 2.75) is 12.8 Å². The fraction of sp³-hybridized carbons (Fsp3) is 0.692. The van der Waals surface area contributed by atoms with Crippen LogP contribution in [0.25, 0.3) is 0 Å². The Morgan fingerprint density at radius 2 is 2.22 bits per heavy atom. The average Bonchev–Trinajstić information content (AvgIpc) is 2.40. The zero-order chi connectivity index (χ0) is 13.0. The molecule has 1 aliphatic rings. The van der Waals surface area contributed by atoms with Gasteiger partial charge in [-0.3, -0.25) is 0 Å². The van der Waals surface area contributed by atoms with Crippen molar-refractivity contribution >= 4 is 11.8 Å². The summed E-state index contributed by atoms with van der Waals surface area (Å²) in [4.78, 5) is 13.0. The molecule has 0 radical (unpaired) electrons. The second-order valence-electron chi connectivity index (χ2n) is 5.20. The molecule has 1 N–H and O–H groups in total. The van der Waals surface area contributed by atoms with Gasteiger partial charge in [-0.05, 0) is 37.9 Å². The standard InChI is InChI=1S/C13H23N5/c1-17(2)13-15-8-6-12(16-13)18(3)10-11-5-4-7-14-9-11/h6,8,11,14H,4-5,7,9-10H2,1-3H3. The number of hydrogen-bond acceptors (Lipinski definition) is 5. The van der Waals surface area contributed by atoms with Crippen LogP contribution in [-0.2, 0) is 0 Å². The van der Waals surface area contributed by atoms with Crippen molar-refractivity contribution in [3.63, 3.8) is 0 Å². The molecule has 100 valence electrons. The predicted molar refractivity (Wildman–Crippen MR) is 75.2 cm³/mol. The van der Waals surface area contributed by atoms with Gasteiger partial charge in [-0.1, -0.05) is 0 Å². The average molecular weight is 249 g/mol. The van der Waals surface area contributed by atoms with Gasteiger partial charge in [-0.25, -0.2) is 4.98 Å². The number of hydrogen-bond donors (Lipinski definition) is 1. The van der Waals surface area contributed by atoms with Crippen LogP contribution in [0.5, 0.6) is 0 Å². The topological polar surface area (TPSA) is 44.3 Å². The molecule has 0 aromatic carbocycles. The monoisotopic (exact) mass is 249 g/mol. The van der Waals surface area contributed by atoms with Gasteiger partial charge in [0.25, 0.3) is 0 Å². The lowest BCUT2D eigenvalue weighted by atomic mass is 9.99. The minimum absolute atomic E-state index is 0.724. The predicted octanol–water partition coefficient (Wildman–Crippen LogP) is 0.978. The first-order valence-electron chi connectivity index (χ1n) is 6.59. The Balaban J connectivity index is 1.99. The van der Waals surface area contributed by atoms with Crippen LogP contribution in [0.3, 0.4) is 0 Å². The fourth-order valence-corrected chi connectivity index (χ4v) is 2.33. The van der Waals surface area contributed by atoms with Crippen LogP contribution < -0.4 is 15.1 Å². The van der Waals surface area contributed by atoms with E-state index < -0.39 is 0 Å². The molecule has 1 fully saturated rings. The maximum Gasteiger partial charge on any atom is 0.226 e. The molecule has 1 aromatic rings. The van der Waals surface area contributed by atoms with E-state index in [0.717, 1.165) is 30.8 Å². The molecule has 0 saturated carbocycles. The molecule has 5 heteroatoms. The number of aromatic nitrogens is 2. The molecule has 2 heterocycles. The van der Waals surface area contributed by atoms with Crippen molar-refractivity contribution in [3.05, 3.63) is 12.3 Å². The molecule has 0 amide bonds. The van der Waals surface area contributed by atoms with Gasteiger partial charge in [0.05, 0.1) is 0 Å². The Kier molecular flexibility index (Phi) is 4.36. The molecule has 5 nitrogen and oxygen atoms in total. The van der Waals surface area contributed by atoms with Crippen molar-refractivity contribution in [2.75, 3.05) is 50.6 Å². The first kappa shape index (κ1) is 13.1. The number of nitrogens with one attached hydrogen (secondary N) is 1. The van der Waals surface area contributed by atoms with Crippen LogP contribution >= 0.6 is 0 Å². The second-order valence-corrected chi connectivity index (χ2v) is 5.20. The molecular formula is C13H23N5. The Bertz CT molecular complexity index is 373. The van der Waals surface area contributed by atoms with E-state index in [0.29, 0.717) is 0 Å². The van der Waals surface area contributed by atoms with Crippen molar-refractivity contribution in [3.8, 4) is 0 Å². The molecule has 1 aliphatic heterocycles. The fourth-order valence-electron chi connectivity index (χ4n) is 2.33. The zero-order valence-corrected chi connectivity index (χ0v) is 11.6. The quantitative estimate of drug-likeness (QED) is 0.861. The van der Waals surface area contributed by atoms with E-state index in [1.807, 2.05) is 31.3 Å². The molecule has 18 heavy (non-hydrogen) atoms. The van der Waals surface area contributed by atoms with E-state index in [-0.39, 0.29) is 0 Å². The molecule has 2 rings (SSSR count). The lowest BCUT2D eigenvalue weighted by Gasteiger charge is -2.28. The molecule has 1 aromatic heterocycles. The molecule has 1 saturated heterocycles. The number of piperidine rings is 1. The van der Waals surface area contributed by atoms with E-state index in [9.17, 15) is 0 Å². The minimum Gasteiger partial charge on any atom is -0.359 e. The maximum atomic E-state index is 4.56. The smallest absolute Gasteiger partial charge is 0.226 e. The van der Waals surface area contributed by atoms with E-state index in [2.05, 4.69) is 27.2 Å². The van der Waals surface area contributed by atoms with Crippen LogP contribution in [-0.4, -0.2) is 50.7 Å². The molecular weight excluding hydrogens is 226 g/mol. The Morgan fingerprint density at radius 3 is 2.89 bits per heavy atom. The van der Waals surface area contributed by atoms with E-state index in [1.54, 1.807) is 0 Å². The lowest BCUT2D eigenvalue weighted by molar-refractivity contribution is 0.380. The summed E-state index contributed by atoms with van der Waals surface area (Å²) in [6.07, 6.45) is 4.42. The van der Waals surface area contributed by atoms with E-state index in [1.165, 1.54) is 19.4 Å². The van der Waals surface area contributed by atoms with Gasteiger partial charge in [0.2, 0.25) is 5.95 Å². The largest absolute Gasteiger partial charge is 0.359 e. The second kappa shape index (κ2) is 6.00. The van der Waals surface area contributed by atoms with Crippen molar-refractivity contribution in [1.29, 1.82) is 0 Å². The van der Waals surface area contributed by atoms with Crippen LogP contribution in [0.2, 0.25) is 0 Å². The zero-order valence-electron chi connectivity index (χ0n) is 11.6. The third kappa shape index (κ3) is 3.32. The van der Waals surface area contributed by atoms with E-state index in [4.69, 9.17) is 0 Å². The highest BCUT2D eigenvalue weighted by Gasteiger charge is 2.16. The normalized spacial score (nSPS) is 19.6. The van der Waals surface area contributed by atoms with Gasteiger partial charge < -0.3 is 15.1 Å². The summed E-state index contributed by atoms with van der Waals surface area (Å²) in [6, 6.07) is 1.98. The van der Waals surface area contributed by atoms with Crippen molar-refractivity contribution < 1.29 is 0 Å². The van der Waals surface area contributed by atoms with Crippen molar-refractivity contribution in [2.24, 2.45) is 5.92 Å². The summed E-state index contributed by atoms with van der Waals surface area (Å²) in [7, 11) is 6.03. The van der Waals surface area contributed by atoms with Gasteiger partial charge in [0.1, 0.15) is 5.82 Å². The van der Waals surface area contributed by atoms with Gasteiger partial charge >= 0.3 is 0 Å². The van der Waals surface area contributed by atoms with Crippen LogP contribution in [0, 0.1) is 5.92 Å². The van der Waals surface area contributed by atoms with Crippen molar-refractivity contribution in [1.82, 2.24) is 15.3 Å². The van der Waals surface area contributed by atoms with Crippen LogP contribution in [0.1, 0.15) is 12.8 Å². The molecule has 0 spiro atoms. The molecule has 1 atom stereocenters. The van der Waals surface area contributed by atoms with Crippen LogP contribution in [0.15, 0.2) is 12.3 Å². The minimum atomic E-state index is 0.724. The number of anilines is 2. The van der Waals surface area contributed by atoms with Gasteiger partial charge in [-0.2, -0.15) is 4.98 Å². The summed E-state index contributed by atoms with van der Waals surface area (Å²) < 4.78 is 0. The first-order valence-corrected chi connectivity index (χ1v) is 6.59. The third-order valence-electron chi connectivity index (χ3n) is 3.35. The highest BCUT2D eigenvalue weighted by atomic mass is 15.3. The summed E-state index contributed by atoms with van der Waals surface area (Å²) in [5.41, 5.74) is 0.